The SMILES string of the molecule is CCNC(=NCCOCCOC)N1CCCC(C)C1.I. The average Bonchev–Trinajstić information content (AvgIpc) is 2.41. The van der Waals surface area contributed by atoms with Gasteiger partial charge in [0, 0.05) is 26.7 Å². The first-order valence-electron chi connectivity index (χ1n) is 7.37. The molecule has 0 spiro atoms. The summed E-state index contributed by atoms with van der Waals surface area (Å²) in [5, 5.41) is 3.37. The van der Waals surface area contributed by atoms with Crippen LogP contribution in [0.15, 0.2) is 4.99 Å². The van der Waals surface area contributed by atoms with E-state index in [-0.39, 0.29) is 24.0 Å². The van der Waals surface area contributed by atoms with Crippen molar-refractivity contribution in [2.75, 3.05) is 53.1 Å². The van der Waals surface area contributed by atoms with Gasteiger partial charge in [0.1, 0.15) is 0 Å². The largest absolute Gasteiger partial charge is 0.382 e. The summed E-state index contributed by atoms with van der Waals surface area (Å²) in [6, 6.07) is 0. The molecular weight excluding hydrogens is 369 g/mol. The van der Waals surface area contributed by atoms with E-state index in [1.807, 2.05) is 0 Å². The summed E-state index contributed by atoms with van der Waals surface area (Å²) in [7, 11) is 1.68. The quantitative estimate of drug-likeness (QED) is 0.308. The van der Waals surface area contributed by atoms with Crippen molar-refractivity contribution >= 4 is 29.9 Å². The normalized spacial score (nSPS) is 19.6. The molecule has 1 atom stereocenters. The molecule has 1 fully saturated rings. The predicted molar refractivity (Wildman–Crippen MR) is 94.1 cm³/mol. The van der Waals surface area contributed by atoms with E-state index in [0.717, 1.165) is 31.5 Å². The highest BCUT2D eigenvalue weighted by molar-refractivity contribution is 14.0. The molecule has 0 bridgehead atoms. The zero-order chi connectivity index (χ0) is 13.9. The summed E-state index contributed by atoms with van der Waals surface area (Å²) in [5.74, 6) is 1.79. The zero-order valence-electron chi connectivity index (χ0n) is 13.1. The van der Waals surface area contributed by atoms with Crippen molar-refractivity contribution in [2.24, 2.45) is 10.9 Å². The van der Waals surface area contributed by atoms with Gasteiger partial charge in [0.25, 0.3) is 0 Å². The molecule has 1 saturated heterocycles. The van der Waals surface area contributed by atoms with Gasteiger partial charge in [-0.15, -0.1) is 24.0 Å². The Kier molecular flexibility index (Phi) is 12.6. The maximum atomic E-state index is 5.43. The zero-order valence-corrected chi connectivity index (χ0v) is 15.4. The van der Waals surface area contributed by atoms with Crippen molar-refractivity contribution < 1.29 is 9.47 Å². The molecule has 1 heterocycles. The molecule has 1 aliphatic heterocycles. The fourth-order valence-electron chi connectivity index (χ4n) is 2.27. The molecule has 1 unspecified atom stereocenters. The van der Waals surface area contributed by atoms with Gasteiger partial charge in [-0.2, -0.15) is 0 Å². The number of hydrogen-bond acceptors (Lipinski definition) is 3. The summed E-state index contributed by atoms with van der Waals surface area (Å²) in [6.45, 7) is 10.2. The third-order valence-electron chi connectivity index (χ3n) is 3.22. The number of ether oxygens (including phenoxy) is 2. The van der Waals surface area contributed by atoms with Crippen LogP contribution < -0.4 is 5.32 Å². The van der Waals surface area contributed by atoms with Crippen LogP contribution in [-0.2, 0) is 9.47 Å². The summed E-state index contributed by atoms with van der Waals surface area (Å²) in [4.78, 5) is 7.00. The summed E-state index contributed by atoms with van der Waals surface area (Å²) in [6.07, 6.45) is 2.59. The Morgan fingerprint density at radius 2 is 2.15 bits per heavy atom. The highest BCUT2D eigenvalue weighted by Crippen LogP contribution is 2.15. The fourth-order valence-corrected chi connectivity index (χ4v) is 2.27. The molecule has 0 aromatic heterocycles. The third-order valence-corrected chi connectivity index (χ3v) is 3.22. The Hall–Kier alpha value is -0.0800. The smallest absolute Gasteiger partial charge is 0.194 e. The van der Waals surface area contributed by atoms with Gasteiger partial charge < -0.3 is 19.7 Å². The number of hydrogen-bond donors (Lipinski definition) is 1. The number of guanidine groups is 1. The van der Waals surface area contributed by atoms with E-state index in [1.165, 1.54) is 12.8 Å². The first-order valence-corrected chi connectivity index (χ1v) is 7.37. The number of nitrogens with one attached hydrogen (secondary N) is 1. The molecule has 20 heavy (non-hydrogen) atoms. The Morgan fingerprint density at radius 3 is 2.80 bits per heavy atom. The second-order valence-electron chi connectivity index (χ2n) is 5.03. The van der Waals surface area contributed by atoms with Gasteiger partial charge in [-0.1, -0.05) is 6.92 Å². The lowest BCUT2D eigenvalue weighted by molar-refractivity contribution is 0.0747. The summed E-state index contributed by atoms with van der Waals surface area (Å²) < 4.78 is 10.4. The molecule has 1 N–H and O–H groups in total. The molecular formula is C14H30IN3O2. The highest BCUT2D eigenvalue weighted by Gasteiger charge is 2.18. The summed E-state index contributed by atoms with van der Waals surface area (Å²) >= 11 is 0. The molecule has 0 aromatic rings. The minimum Gasteiger partial charge on any atom is -0.382 e. The third kappa shape index (κ3) is 8.26. The van der Waals surface area contributed by atoms with Crippen LogP contribution >= 0.6 is 24.0 Å². The number of methoxy groups -OCH3 is 1. The van der Waals surface area contributed by atoms with Crippen LogP contribution in [0.25, 0.3) is 0 Å². The number of piperidine rings is 1. The number of aliphatic imine (C=N–C) groups is 1. The van der Waals surface area contributed by atoms with E-state index < -0.39 is 0 Å². The molecule has 0 saturated carbocycles. The number of rotatable bonds is 7. The van der Waals surface area contributed by atoms with Crippen LogP contribution in [0.4, 0.5) is 0 Å². The van der Waals surface area contributed by atoms with E-state index in [2.05, 4.69) is 29.1 Å². The lowest BCUT2D eigenvalue weighted by atomic mass is 10.0. The van der Waals surface area contributed by atoms with E-state index in [4.69, 9.17) is 9.47 Å². The maximum Gasteiger partial charge on any atom is 0.194 e. The highest BCUT2D eigenvalue weighted by atomic mass is 127. The van der Waals surface area contributed by atoms with Gasteiger partial charge in [-0.05, 0) is 25.7 Å². The van der Waals surface area contributed by atoms with Gasteiger partial charge >= 0.3 is 0 Å². The molecule has 0 amide bonds. The van der Waals surface area contributed by atoms with Crippen LogP contribution in [-0.4, -0.2) is 64.0 Å². The maximum absolute atomic E-state index is 5.43. The molecule has 6 heteroatoms. The standard InChI is InChI=1S/C14H29N3O2.HI/c1-4-15-14(16-7-9-19-11-10-18-3)17-8-5-6-13(2)12-17;/h13H,4-12H2,1-3H3,(H,15,16);1H. The number of nitrogens with zero attached hydrogens (tertiary/aromatic N) is 2. The molecule has 120 valence electrons. The molecule has 0 aliphatic carbocycles. The van der Waals surface area contributed by atoms with Gasteiger partial charge in [0.05, 0.1) is 26.4 Å². The Morgan fingerprint density at radius 1 is 1.35 bits per heavy atom. The second kappa shape index (κ2) is 12.6. The first-order chi connectivity index (χ1) is 9.27. The Balaban J connectivity index is 0.00000361. The van der Waals surface area contributed by atoms with Crippen LogP contribution in [0.1, 0.15) is 26.7 Å². The lowest BCUT2D eigenvalue weighted by Gasteiger charge is -2.33. The minimum absolute atomic E-state index is 0. The minimum atomic E-state index is 0. The van der Waals surface area contributed by atoms with Gasteiger partial charge in [0.2, 0.25) is 0 Å². The topological polar surface area (TPSA) is 46.1 Å². The molecule has 1 aliphatic rings. The van der Waals surface area contributed by atoms with E-state index in [9.17, 15) is 0 Å². The Bertz CT molecular complexity index is 265. The van der Waals surface area contributed by atoms with E-state index in [0.29, 0.717) is 26.4 Å². The Labute approximate surface area is 140 Å². The van der Waals surface area contributed by atoms with Crippen LogP contribution in [0.2, 0.25) is 0 Å². The van der Waals surface area contributed by atoms with Crippen molar-refractivity contribution in [3.8, 4) is 0 Å². The van der Waals surface area contributed by atoms with Gasteiger partial charge in [0.15, 0.2) is 5.96 Å². The van der Waals surface area contributed by atoms with Crippen LogP contribution in [0.3, 0.4) is 0 Å². The predicted octanol–water partition coefficient (Wildman–Crippen LogP) is 1.96. The van der Waals surface area contributed by atoms with Gasteiger partial charge in [-0.25, -0.2) is 0 Å². The van der Waals surface area contributed by atoms with Crippen molar-refractivity contribution in [3.63, 3.8) is 0 Å². The fraction of sp³-hybridized carbons (Fsp3) is 0.929. The van der Waals surface area contributed by atoms with Crippen molar-refractivity contribution in [1.29, 1.82) is 0 Å². The molecule has 0 aromatic carbocycles. The number of halogens is 1. The van der Waals surface area contributed by atoms with Crippen LogP contribution in [0.5, 0.6) is 0 Å². The summed E-state index contributed by atoms with van der Waals surface area (Å²) in [5.41, 5.74) is 0. The molecule has 0 radical (unpaired) electrons. The average molecular weight is 399 g/mol. The van der Waals surface area contributed by atoms with E-state index >= 15 is 0 Å². The van der Waals surface area contributed by atoms with Gasteiger partial charge in [-0.3, -0.25) is 4.99 Å². The molecule has 1 rings (SSSR count). The van der Waals surface area contributed by atoms with Crippen molar-refractivity contribution in [2.45, 2.75) is 26.7 Å². The van der Waals surface area contributed by atoms with E-state index in [1.54, 1.807) is 7.11 Å². The lowest BCUT2D eigenvalue weighted by Crippen LogP contribution is -2.46. The first kappa shape index (κ1) is 19.9. The van der Waals surface area contributed by atoms with Crippen molar-refractivity contribution in [1.82, 2.24) is 10.2 Å². The monoisotopic (exact) mass is 399 g/mol. The number of likely N-dealkylation sites (tertiary alicyclic amines) is 1. The molecule has 5 nitrogen and oxygen atoms in total. The van der Waals surface area contributed by atoms with Crippen LogP contribution in [0, 0.1) is 5.92 Å². The van der Waals surface area contributed by atoms with Crippen molar-refractivity contribution in [3.05, 3.63) is 0 Å². The second-order valence-corrected chi connectivity index (χ2v) is 5.03.